The third-order valence-electron chi connectivity index (χ3n) is 4.63. The Bertz CT molecular complexity index is 1230. The first kappa shape index (κ1) is 19.7. The largest absolute Gasteiger partial charge is 0.497 e. The summed E-state index contributed by atoms with van der Waals surface area (Å²) in [5.41, 5.74) is 1.87. The van der Waals surface area contributed by atoms with Crippen molar-refractivity contribution in [2.24, 2.45) is 0 Å². The van der Waals surface area contributed by atoms with E-state index in [-0.39, 0.29) is 11.9 Å². The maximum Gasteiger partial charge on any atom is 0.318 e. The summed E-state index contributed by atoms with van der Waals surface area (Å²) in [7, 11) is 4.66. The van der Waals surface area contributed by atoms with E-state index in [1.165, 1.54) is 20.7 Å². The number of aromatic nitrogens is 1. The number of fused-ring (bicyclic) bond motifs is 1. The summed E-state index contributed by atoms with van der Waals surface area (Å²) in [4.78, 5) is 17.0. The Balaban J connectivity index is 1.49. The van der Waals surface area contributed by atoms with Crippen molar-refractivity contribution in [2.45, 2.75) is 12.8 Å². The van der Waals surface area contributed by atoms with E-state index in [1.54, 1.807) is 19.2 Å². The summed E-state index contributed by atoms with van der Waals surface area (Å²) in [6.45, 7) is 1.85. The van der Waals surface area contributed by atoms with E-state index < -0.39 is 0 Å². The molecule has 0 radical (unpaired) electrons. The Morgan fingerprint density at radius 1 is 0.966 bits per heavy atom. The first-order valence-electron chi connectivity index (χ1n) is 8.90. The third kappa shape index (κ3) is 4.37. The molecule has 0 spiro atoms. The highest BCUT2D eigenvalue weighted by Gasteiger charge is 2.18. The minimum Gasteiger partial charge on any atom is -0.497 e. The summed E-state index contributed by atoms with van der Waals surface area (Å²) in [5, 5.41) is 2.99. The van der Waals surface area contributed by atoms with Gasteiger partial charge >= 0.3 is 5.97 Å². The summed E-state index contributed by atoms with van der Waals surface area (Å²) in [5.74, 6) is 0.637. The lowest BCUT2D eigenvalue weighted by atomic mass is 9.98. The van der Waals surface area contributed by atoms with Crippen LogP contribution in [0.15, 0.2) is 60.7 Å². The van der Waals surface area contributed by atoms with Crippen molar-refractivity contribution in [1.82, 2.24) is 4.98 Å². The van der Waals surface area contributed by atoms with E-state index in [4.69, 9.17) is 21.7 Å². The zero-order valence-electron chi connectivity index (χ0n) is 15.7. The molecule has 0 saturated carbocycles. The molecule has 0 aliphatic heterocycles. The Morgan fingerprint density at radius 2 is 1.66 bits per heavy atom. The molecule has 0 saturated heterocycles. The molecule has 1 aromatic heterocycles. The number of benzene rings is 3. The standard InChI is InChI=1S/C22H17NO3S3/c1-13(15-3-4-17-12-19(25-2)10-7-16(17)11-15)21(24)26-18-8-5-14(6-9-18)20-23-22(27)29-28-20/h3-13H,1-2H3/t13-/m0/s1. The Labute approximate surface area is 180 Å². The molecule has 29 heavy (non-hydrogen) atoms. The van der Waals surface area contributed by atoms with Crippen LogP contribution in [0, 0.1) is 3.95 Å². The molecule has 4 aromatic rings. The summed E-state index contributed by atoms with van der Waals surface area (Å²) >= 11 is 5.07. The van der Waals surface area contributed by atoms with Gasteiger partial charge in [-0.1, -0.05) is 34.6 Å². The van der Waals surface area contributed by atoms with Gasteiger partial charge in [0.15, 0.2) is 3.95 Å². The fourth-order valence-corrected chi connectivity index (χ4v) is 5.07. The second kappa shape index (κ2) is 8.41. The highest BCUT2D eigenvalue weighted by atomic mass is 32.9. The van der Waals surface area contributed by atoms with Gasteiger partial charge in [0.2, 0.25) is 0 Å². The van der Waals surface area contributed by atoms with Gasteiger partial charge in [-0.2, -0.15) is 0 Å². The number of rotatable bonds is 5. The van der Waals surface area contributed by atoms with Crippen molar-refractivity contribution in [2.75, 3.05) is 7.11 Å². The summed E-state index contributed by atoms with van der Waals surface area (Å²) < 4.78 is 11.5. The van der Waals surface area contributed by atoms with Crippen LogP contribution in [0.5, 0.6) is 11.5 Å². The van der Waals surface area contributed by atoms with E-state index in [9.17, 15) is 4.79 Å². The predicted octanol–water partition coefficient (Wildman–Crippen LogP) is 6.47. The van der Waals surface area contributed by atoms with Crippen LogP contribution in [-0.2, 0) is 4.79 Å². The summed E-state index contributed by atoms with van der Waals surface area (Å²) in [6, 6.07) is 19.2. The number of nitrogens with zero attached hydrogens (tertiary/aromatic N) is 1. The Kier molecular flexibility index (Phi) is 5.71. The average molecular weight is 440 g/mol. The van der Waals surface area contributed by atoms with Crippen molar-refractivity contribution in [3.05, 3.63) is 70.2 Å². The van der Waals surface area contributed by atoms with E-state index in [1.807, 2.05) is 55.5 Å². The number of hydrogen-bond donors (Lipinski definition) is 0. The molecule has 4 rings (SSSR count). The molecule has 0 N–H and O–H groups in total. The van der Waals surface area contributed by atoms with Crippen LogP contribution in [0.3, 0.4) is 0 Å². The first-order chi connectivity index (χ1) is 14.0. The van der Waals surface area contributed by atoms with E-state index in [0.29, 0.717) is 9.70 Å². The van der Waals surface area contributed by atoms with Crippen molar-refractivity contribution >= 4 is 49.6 Å². The topological polar surface area (TPSA) is 48.4 Å². The highest BCUT2D eigenvalue weighted by Crippen LogP contribution is 2.29. The second-order valence-corrected chi connectivity index (χ2v) is 9.24. The number of ether oxygens (including phenoxy) is 2. The molecule has 3 aromatic carbocycles. The van der Waals surface area contributed by atoms with Crippen LogP contribution in [0.2, 0.25) is 0 Å². The van der Waals surface area contributed by atoms with Gasteiger partial charge in [0.05, 0.1) is 13.0 Å². The van der Waals surface area contributed by atoms with Gasteiger partial charge < -0.3 is 9.47 Å². The minimum absolute atomic E-state index is 0.296. The fraction of sp³-hybridized carbons (Fsp3) is 0.136. The third-order valence-corrected chi connectivity index (χ3v) is 7.29. The normalized spacial score (nSPS) is 11.9. The van der Waals surface area contributed by atoms with Crippen LogP contribution >= 0.6 is 32.9 Å². The van der Waals surface area contributed by atoms with E-state index >= 15 is 0 Å². The van der Waals surface area contributed by atoms with E-state index in [0.717, 1.165) is 32.7 Å². The van der Waals surface area contributed by atoms with Crippen LogP contribution in [0.4, 0.5) is 0 Å². The lowest BCUT2D eigenvalue weighted by Crippen LogP contribution is -2.16. The predicted molar refractivity (Wildman–Crippen MR) is 121 cm³/mol. The number of carbonyl (C=O) groups is 1. The number of esters is 1. The van der Waals surface area contributed by atoms with Crippen LogP contribution in [0.25, 0.3) is 21.3 Å². The second-order valence-electron chi connectivity index (χ2n) is 6.49. The van der Waals surface area contributed by atoms with Gasteiger partial charge in [0, 0.05) is 5.56 Å². The average Bonchev–Trinajstić information content (AvgIpc) is 3.19. The molecule has 0 fully saturated rings. The molecule has 0 amide bonds. The quantitative estimate of drug-likeness (QED) is 0.154. The molecular formula is C22H17NO3S3. The zero-order valence-corrected chi connectivity index (χ0v) is 18.2. The molecule has 1 heterocycles. The van der Waals surface area contributed by atoms with Gasteiger partial charge in [-0.05, 0) is 82.2 Å². The van der Waals surface area contributed by atoms with Gasteiger partial charge in [-0.3, -0.25) is 4.79 Å². The molecule has 0 aliphatic rings. The number of methoxy groups -OCH3 is 1. The highest BCUT2D eigenvalue weighted by molar-refractivity contribution is 7.79. The monoisotopic (exact) mass is 439 g/mol. The van der Waals surface area contributed by atoms with Crippen molar-refractivity contribution in [3.8, 4) is 22.1 Å². The molecule has 0 bridgehead atoms. The van der Waals surface area contributed by atoms with Gasteiger partial charge in [0.25, 0.3) is 0 Å². The number of carbonyl (C=O) groups excluding carboxylic acids is 1. The molecule has 7 heteroatoms. The molecule has 1 atom stereocenters. The molecule has 146 valence electrons. The van der Waals surface area contributed by atoms with Gasteiger partial charge in [-0.15, -0.1) is 0 Å². The lowest BCUT2D eigenvalue weighted by molar-refractivity contribution is -0.135. The maximum atomic E-state index is 12.6. The maximum absolute atomic E-state index is 12.6. The van der Waals surface area contributed by atoms with Crippen molar-refractivity contribution in [1.29, 1.82) is 0 Å². The van der Waals surface area contributed by atoms with Crippen LogP contribution in [0.1, 0.15) is 18.4 Å². The molecular weight excluding hydrogens is 422 g/mol. The number of hydrogen-bond acceptors (Lipinski definition) is 7. The van der Waals surface area contributed by atoms with Gasteiger partial charge in [0.1, 0.15) is 16.5 Å². The van der Waals surface area contributed by atoms with E-state index in [2.05, 4.69) is 4.98 Å². The van der Waals surface area contributed by atoms with Crippen LogP contribution in [-0.4, -0.2) is 18.1 Å². The van der Waals surface area contributed by atoms with Gasteiger partial charge in [-0.25, -0.2) is 4.98 Å². The SMILES string of the molecule is COc1ccc2cc([C@H](C)C(=O)Oc3ccc(-c4nc(=S)ss4)cc3)ccc2c1. The fourth-order valence-electron chi connectivity index (χ4n) is 2.95. The minimum atomic E-state index is -0.385. The zero-order chi connectivity index (χ0) is 20.4. The molecule has 0 unspecified atom stereocenters. The first-order valence-corrected chi connectivity index (χ1v) is 11.5. The molecule has 4 nitrogen and oxygen atoms in total. The molecule has 0 aliphatic carbocycles. The Hall–Kier alpha value is -2.61. The summed E-state index contributed by atoms with van der Waals surface area (Å²) in [6.07, 6.45) is 0. The van der Waals surface area contributed by atoms with Crippen molar-refractivity contribution in [3.63, 3.8) is 0 Å². The smallest absolute Gasteiger partial charge is 0.318 e. The lowest BCUT2D eigenvalue weighted by Gasteiger charge is -2.13. The van der Waals surface area contributed by atoms with Crippen molar-refractivity contribution < 1.29 is 14.3 Å². The Morgan fingerprint density at radius 3 is 2.34 bits per heavy atom. The van der Waals surface area contributed by atoms with Crippen LogP contribution < -0.4 is 9.47 Å².